The smallest absolute Gasteiger partial charge is 0.197 e. The van der Waals surface area contributed by atoms with Crippen LogP contribution in [0.5, 0.6) is 11.5 Å². The number of hydrogen-bond donors (Lipinski definition) is 0. The third-order valence-electron chi connectivity index (χ3n) is 2.09. The van der Waals surface area contributed by atoms with E-state index < -0.39 is 5.82 Å². The lowest BCUT2D eigenvalue weighted by Gasteiger charge is -2.13. The summed E-state index contributed by atoms with van der Waals surface area (Å²) in [4.78, 5) is 21.5. The largest absolute Gasteiger partial charge is 0.490 e. The van der Waals surface area contributed by atoms with Crippen LogP contribution in [-0.4, -0.2) is 25.8 Å². The summed E-state index contributed by atoms with van der Waals surface area (Å²) in [6.45, 7) is 3.94. The molecule has 0 fully saturated rings. The van der Waals surface area contributed by atoms with E-state index in [-0.39, 0.29) is 35.5 Å². The molecule has 1 rings (SSSR count). The van der Waals surface area contributed by atoms with Gasteiger partial charge in [0.1, 0.15) is 0 Å². The van der Waals surface area contributed by atoms with Gasteiger partial charge in [-0.05, 0) is 19.9 Å². The molecule has 92 valence electrons. The van der Waals surface area contributed by atoms with Crippen LogP contribution in [-0.2, 0) is 0 Å². The highest BCUT2D eigenvalue weighted by Crippen LogP contribution is 2.34. The Morgan fingerprint density at radius 3 is 2.29 bits per heavy atom. The minimum absolute atomic E-state index is 0.0515. The first-order chi connectivity index (χ1) is 8.19. The second kappa shape index (κ2) is 5.98. The Hall–Kier alpha value is -1.91. The summed E-state index contributed by atoms with van der Waals surface area (Å²) in [5.41, 5.74) is -0.365. The highest BCUT2D eigenvalue weighted by molar-refractivity contribution is 5.92. The van der Waals surface area contributed by atoms with Crippen molar-refractivity contribution < 1.29 is 23.5 Å². The molecule has 17 heavy (non-hydrogen) atoms. The van der Waals surface area contributed by atoms with Crippen LogP contribution in [0.3, 0.4) is 0 Å². The lowest BCUT2D eigenvalue weighted by atomic mass is 10.1. The fraction of sp³-hybridized carbons (Fsp3) is 0.333. The second-order valence-electron chi connectivity index (χ2n) is 3.12. The Morgan fingerprint density at radius 1 is 1.18 bits per heavy atom. The van der Waals surface area contributed by atoms with Crippen LogP contribution in [0.4, 0.5) is 4.39 Å². The fourth-order valence-corrected chi connectivity index (χ4v) is 1.40. The van der Waals surface area contributed by atoms with E-state index in [1.54, 1.807) is 13.8 Å². The number of aldehydes is 2. The molecule has 0 N–H and O–H groups in total. The minimum Gasteiger partial charge on any atom is -0.490 e. The van der Waals surface area contributed by atoms with Crippen molar-refractivity contribution in [1.29, 1.82) is 0 Å². The van der Waals surface area contributed by atoms with Crippen molar-refractivity contribution >= 4 is 12.6 Å². The lowest BCUT2D eigenvalue weighted by Crippen LogP contribution is -2.05. The summed E-state index contributed by atoms with van der Waals surface area (Å²) in [5, 5.41) is 0. The maximum Gasteiger partial charge on any atom is 0.197 e. The topological polar surface area (TPSA) is 52.6 Å². The summed E-state index contributed by atoms with van der Waals surface area (Å²) in [7, 11) is 0. The first kappa shape index (κ1) is 13.2. The van der Waals surface area contributed by atoms with Gasteiger partial charge in [0.15, 0.2) is 29.9 Å². The molecule has 0 atom stereocenters. The predicted octanol–water partition coefficient (Wildman–Crippen LogP) is 2.25. The van der Waals surface area contributed by atoms with Crippen molar-refractivity contribution in [2.45, 2.75) is 13.8 Å². The average Bonchev–Trinajstić information content (AvgIpc) is 2.33. The molecular weight excluding hydrogens is 227 g/mol. The molecule has 1 aromatic carbocycles. The first-order valence-corrected chi connectivity index (χ1v) is 5.21. The normalized spacial score (nSPS) is 9.82. The number of carbonyl (C=O) groups excluding carboxylic acids is 2. The summed E-state index contributed by atoms with van der Waals surface area (Å²) < 4.78 is 24.2. The van der Waals surface area contributed by atoms with Crippen LogP contribution < -0.4 is 9.47 Å². The van der Waals surface area contributed by atoms with Gasteiger partial charge in [0, 0.05) is 5.56 Å². The molecule has 4 nitrogen and oxygen atoms in total. The molecule has 0 aliphatic carbocycles. The zero-order chi connectivity index (χ0) is 12.8. The molecule has 0 spiro atoms. The maximum absolute atomic E-state index is 13.9. The van der Waals surface area contributed by atoms with Crippen LogP contribution in [0.15, 0.2) is 6.07 Å². The SMILES string of the molecule is CCOc1cc(C=O)c(C=O)c(F)c1OCC. The van der Waals surface area contributed by atoms with Crippen molar-refractivity contribution in [1.82, 2.24) is 0 Å². The molecular formula is C12H13FO4. The Kier molecular flexibility index (Phi) is 4.63. The van der Waals surface area contributed by atoms with Crippen LogP contribution in [0.2, 0.25) is 0 Å². The number of rotatable bonds is 6. The Bertz CT molecular complexity index is 429. The van der Waals surface area contributed by atoms with E-state index >= 15 is 0 Å². The van der Waals surface area contributed by atoms with Gasteiger partial charge in [0.25, 0.3) is 0 Å². The fourth-order valence-electron chi connectivity index (χ4n) is 1.40. The first-order valence-electron chi connectivity index (χ1n) is 5.21. The molecule has 0 bridgehead atoms. The van der Waals surface area contributed by atoms with Gasteiger partial charge in [-0.15, -0.1) is 0 Å². The Balaban J connectivity index is 3.43. The zero-order valence-electron chi connectivity index (χ0n) is 9.66. The third kappa shape index (κ3) is 2.61. The highest BCUT2D eigenvalue weighted by Gasteiger charge is 2.19. The summed E-state index contributed by atoms with van der Waals surface area (Å²) in [6.07, 6.45) is 0.697. The van der Waals surface area contributed by atoms with Crippen molar-refractivity contribution in [2.24, 2.45) is 0 Å². The summed E-state index contributed by atoms with van der Waals surface area (Å²) in [6, 6.07) is 1.30. The molecule has 5 heteroatoms. The van der Waals surface area contributed by atoms with Crippen molar-refractivity contribution in [3.63, 3.8) is 0 Å². The van der Waals surface area contributed by atoms with Gasteiger partial charge in [0.2, 0.25) is 0 Å². The highest BCUT2D eigenvalue weighted by atomic mass is 19.1. The number of benzene rings is 1. The van der Waals surface area contributed by atoms with Gasteiger partial charge in [-0.2, -0.15) is 0 Å². The Labute approximate surface area is 98.3 Å². The Morgan fingerprint density at radius 2 is 1.82 bits per heavy atom. The van der Waals surface area contributed by atoms with E-state index in [0.29, 0.717) is 12.9 Å². The molecule has 0 radical (unpaired) electrons. The van der Waals surface area contributed by atoms with Crippen LogP contribution >= 0.6 is 0 Å². The van der Waals surface area contributed by atoms with E-state index in [4.69, 9.17) is 9.47 Å². The van der Waals surface area contributed by atoms with Gasteiger partial charge in [-0.3, -0.25) is 9.59 Å². The zero-order valence-corrected chi connectivity index (χ0v) is 9.66. The number of carbonyl (C=O) groups is 2. The lowest BCUT2D eigenvalue weighted by molar-refractivity contribution is 0.109. The quantitative estimate of drug-likeness (QED) is 0.715. The second-order valence-corrected chi connectivity index (χ2v) is 3.12. The molecule has 0 aliphatic rings. The minimum atomic E-state index is -0.866. The van der Waals surface area contributed by atoms with Crippen LogP contribution in [0.1, 0.15) is 34.6 Å². The van der Waals surface area contributed by atoms with Crippen molar-refractivity contribution in [2.75, 3.05) is 13.2 Å². The number of hydrogen-bond acceptors (Lipinski definition) is 4. The van der Waals surface area contributed by atoms with Gasteiger partial charge in [-0.25, -0.2) is 4.39 Å². The van der Waals surface area contributed by atoms with E-state index in [1.165, 1.54) is 6.07 Å². The molecule has 0 saturated carbocycles. The van der Waals surface area contributed by atoms with Gasteiger partial charge in [0.05, 0.1) is 18.8 Å². The van der Waals surface area contributed by atoms with Crippen LogP contribution in [0, 0.1) is 5.82 Å². The van der Waals surface area contributed by atoms with Crippen molar-refractivity contribution in [3.8, 4) is 11.5 Å². The van der Waals surface area contributed by atoms with E-state index in [0.717, 1.165) is 0 Å². The molecule has 0 saturated heterocycles. The monoisotopic (exact) mass is 240 g/mol. The van der Waals surface area contributed by atoms with Gasteiger partial charge >= 0.3 is 0 Å². The molecule has 0 unspecified atom stereocenters. The standard InChI is InChI=1S/C12H13FO4/c1-3-16-10-5-8(6-14)9(7-15)11(13)12(10)17-4-2/h5-7H,3-4H2,1-2H3. The summed E-state index contributed by atoms with van der Waals surface area (Å²) in [5.74, 6) is -0.878. The molecule has 0 heterocycles. The summed E-state index contributed by atoms with van der Waals surface area (Å²) >= 11 is 0. The van der Waals surface area contributed by atoms with Crippen molar-refractivity contribution in [3.05, 3.63) is 23.0 Å². The predicted molar refractivity (Wildman–Crippen MR) is 59.5 cm³/mol. The third-order valence-corrected chi connectivity index (χ3v) is 2.09. The molecule has 0 amide bonds. The number of ether oxygens (including phenoxy) is 2. The number of halogens is 1. The van der Waals surface area contributed by atoms with Gasteiger partial charge in [-0.1, -0.05) is 0 Å². The maximum atomic E-state index is 13.9. The van der Waals surface area contributed by atoms with Gasteiger partial charge < -0.3 is 9.47 Å². The van der Waals surface area contributed by atoms with E-state index in [1.807, 2.05) is 0 Å². The molecule has 0 aromatic heterocycles. The van der Waals surface area contributed by atoms with E-state index in [2.05, 4.69) is 0 Å². The average molecular weight is 240 g/mol. The molecule has 1 aromatic rings. The molecule has 0 aliphatic heterocycles. The van der Waals surface area contributed by atoms with Crippen LogP contribution in [0.25, 0.3) is 0 Å². The van der Waals surface area contributed by atoms with E-state index in [9.17, 15) is 14.0 Å².